The Morgan fingerprint density at radius 3 is 2.55 bits per heavy atom. The molecule has 31 heavy (non-hydrogen) atoms. The number of nitrogens with zero attached hydrogens (tertiary/aromatic N) is 1. The van der Waals surface area contributed by atoms with Crippen molar-refractivity contribution in [2.75, 3.05) is 12.4 Å². The molecule has 0 saturated heterocycles. The summed E-state index contributed by atoms with van der Waals surface area (Å²) in [4.78, 5) is 24.6. The van der Waals surface area contributed by atoms with Gasteiger partial charge in [-0.2, -0.15) is 5.10 Å². The smallest absolute Gasteiger partial charge is 0.258 e. The van der Waals surface area contributed by atoms with Crippen LogP contribution in [-0.4, -0.2) is 30.4 Å². The van der Waals surface area contributed by atoms with Gasteiger partial charge in [0, 0.05) is 9.92 Å². The van der Waals surface area contributed by atoms with Gasteiger partial charge in [-0.25, -0.2) is 5.43 Å². The van der Waals surface area contributed by atoms with E-state index >= 15 is 0 Å². The number of furan rings is 1. The molecule has 2 aromatic carbocycles. The van der Waals surface area contributed by atoms with Gasteiger partial charge in [-0.3, -0.25) is 9.59 Å². The molecular formula is C22H20ClN3O4S. The third-order valence-corrected chi connectivity index (χ3v) is 5.14. The molecule has 3 rings (SSSR count). The molecule has 1 heterocycles. The molecule has 0 radical (unpaired) electrons. The van der Waals surface area contributed by atoms with Gasteiger partial charge in [-0.05, 0) is 66.2 Å². The van der Waals surface area contributed by atoms with Crippen LogP contribution in [-0.2, 0) is 16.1 Å². The summed E-state index contributed by atoms with van der Waals surface area (Å²) in [7, 11) is 0. The van der Waals surface area contributed by atoms with Crippen molar-refractivity contribution < 1.29 is 18.7 Å². The van der Waals surface area contributed by atoms with Crippen molar-refractivity contribution in [2.24, 2.45) is 5.10 Å². The van der Waals surface area contributed by atoms with Gasteiger partial charge in [-0.1, -0.05) is 11.6 Å². The number of nitrogens with one attached hydrogen (secondary N) is 2. The first kappa shape index (κ1) is 22.5. The largest absolute Gasteiger partial charge is 0.484 e. The molecule has 160 valence electrons. The number of carbonyl (C=O) groups excluding carboxylic acids is 2. The van der Waals surface area contributed by atoms with Crippen LogP contribution < -0.4 is 15.5 Å². The van der Waals surface area contributed by atoms with Gasteiger partial charge in [0.05, 0.1) is 24.8 Å². The zero-order valence-electron chi connectivity index (χ0n) is 16.4. The number of hydrogen-bond acceptors (Lipinski definition) is 6. The van der Waals surface area contributed by atoms with Gasteiger partial charge in [0.15, 0.2) is 6.61 Å². The number of ether oxygens (including phenoxy) is 1. The minimum absolute atomic E-state index is 0.102. The van der Waals surface area contributed by atoms with Gasteiger partial charge in [0.25, 0.3) is 5.91 Å². The Balaban J connectivity index is 1.35. The first-order valence-corrected chi connectivity index (χ1v) is 10.7. The van der Waals surface area contributed by atoms with E-state index in [1.165, 1.54) is 18.0 Å². The number of amides is 2. The molecule has 9 heteroatoms. The predicted octanol–water partition coefficient (Wildman–Crippen LogP) is 3.87. The predicted molar refractivity (Wildman–Crippen MR) is 120 cm³/mol. The molecule has 0 unspecified atom stereocenters. The van der Waals surface area contributed by atoms with Crippen molar-refractivity contribution >= 4 is 41.4 Å². The molecular weight excluding hydrogens is 438 g/mol. The quantitative estimate of drug-likeness (QED) is 0.274. The standard InChI is InChI=1S/C22H20ClN3O4S/c23-17-5-9-20(10-6-17)31-15-22(28)26-25-12-16-3-7-18(8-4-16)30-14-21(27)24-13-19-2-1-11-29-19/h1-12H,13-15H2,(H,24,27)(H,26,28)/b25-12-. The number of rotatable bonds is 10. The third kappa shape index (κ3) is 8.19. The molecule has 1 aromatic heterocycles. The minimum Gasteiger partial charge on any atom is -0.484 e. The summed E-state index contributed by atoms with van der Waals surface area (Å²) in [6, 6.07) is 17.8. The lowest BCUT2D eigenvalue weighted by molar-refractivity contribution is -0.123. The Labute approximate surface area is 188 Å². The fourth-order valence-corrected chi connectivity index (χ4v) is 3.16. The van der Waals surface area contributed by atoms with E-state index in [2.05, 4.69) is 15.8 Å². The van der Waals surface area contributed by atoms with Crippen LogP contribution >= 0.6 is 23.4 Å². The van der Waals surface area contributed by atoms with E-state index in [1.54, 1.807) is 54.8 Å². The molecule has 0 fully saturated rings. The molecule has 0 saturated carbocycles. The van der Waals surface area contributed by atoms with Crippen LogP contribution in [0.25, 0.3) is 0 Å². The molecule has 0 spiro atoms. The Kier molecular flexibility index (Phi) is 8.57. The Morgan fingerprint density at radius 2 is 1.84 bits per heavy atom. The van der Waals surface area contributed by atoms with Crippen LogP contribution in [0.15, 0.2) is 81.3 Å². The number of carbonyl (C=O) groups is 2. The topological polar surface area (TPSA) is 92.9 Å². The van der Waals surface area contributed by atoms with E-state index in [9.17, 15) is 9.59 Å². The highest BCUT2D eigenvalue weighted by molar-refractivity contribution is 8.00. The van der Waals surface area contributed by atoms with E-state index in [4.69, 9.17) is 20.8 Å². The molecule has 0 aliphatic rings. The zero-order valence-corrected chi connectivity index (χ0v) is 18.0. The first-order chi connectivity index (χ1) is 15.1. The number of hydrogen-bond donors (Lipinski definition) is 2. The lowest BCUT2D eigenvalue weighted by Gasteiger charge is -2.06. The average Bonchev–Trinajstić information content (AvgIpc) is 3.30. The third-order valence-electron chi connectivity index (χ3n) is 3.88. The highest BCUT2D eigenvalue weighted by atomic mass is 35.5. The van der Waals surface area contributed by atoms with Crippen LogP contribution in [0.2, 0.25) is 5.02 Å². The maximum atomic E-state index is 11.9. The molecule has 3 aromatic rings. The average molecular weight is 458 g/mol. The summed E-state index contributed by atoms with van der Waals surface area (Å²) in [6.45, 7) is 0.212. The normalized spacial score (nSPS) is 10.7. The van der Waals surface area contributed by atoms with Crippen LogP contribution in [0.3, 0.4) is 0 Å². The van der Waals surface area contributed by atoms with E-state index in [0.717, 1.165) is 10.5 Å². The SMILES string of the molecule is O=C(COc1ccc(/C=N\NC(=O)CSc2ccc(Cl)cc2)cc1)NCc1ccco1. The van der Waals surface area contributed by atoms with Crippen LogP contribution in [0.4, 0.5) is 0 Å². The lowest BCUT2D eigenvalue weighted by atomic mass is 10.2. The molecule has 2 N–H and O–H groups in total. The number of hydrazone groups is 1. The first-order valence-electron chi connectivity index (χ1n) is 9.31. The summed E-state index contributed by atoms with van der Waals surface area (Å²) in [5.74, 6) is 1.01. The Morgan fingerprint density at radius 1 is 1.06 bits per heavy atom. The highest BCUT2D eigenvalue weighted by Crippen LogP contribution is 2.19. The van der Waals surface area contributed by atoms with Gasteiger partial charge in [0.1, 0.15) is 11.5 Å². The molecule has 7 nitrogen and oxygen atoms in total. The van der Waals surface area contributed by atoms with Crippen molar-refractivity contribution in [3.63, 3.8) is 0 Å². The van der Waals surface area contributed by atoms with E-state index in [-0.39, 0.29) is 24.2 Å². The van der Waals surface area contributed by atoms with Gasteiger partial charge in [-0.15, -0.1) is 11.8 Å². The molecule has 2 amide bonds. The summed E-state index contributed by atoms with van der Waals surface area (Å²) in [5.41, 5.74) is 3.26. The van der Waals surface area contributed by atoms with Crippen molar-refractivity contribution in [2.45, 2.75) is 11.4 Å². The van der Waals surface area contributed by atoms with Crippen LogP contribution in [0, 0.1) is 0 Å². The Bertz CT molecular complexity index is 1010. The fourth-order valence-electron chi connectivity index (χ4n) is 2.34. The summed E-state index contributed by atoms with van der Waals surface area (Å²) in [6.07, 6.45) is 3.08. The second kappa shape index (κ2) is 11.8. The van der Waals surface area contributed by atoms with Gasteiger partial charge >= 0.3 is 0 Å². The van der Waals surface area contributed by atoms with Crippen molar-refractivity contribution in [1.82, 2.24) is 10.7 Å². The lowest BCUT2D eigenvalue weighted by Crippen LogP contribution is -2.28. The Hall–Kier alpha value is -3.23. The van der Waals surface area contributed by atoms with Crippen LogP contribution in [0.5, 0.6) is 5.75 Å². The second-order valence-corrected chi connectivity index (χ2v) is 7.73. The van der Waals surface area contributed by atoms with Crippen molar-refractivity contribution in [1.29, 1.82) is 0 Å². The molecule has 0 aliphatic carbocycles. The highest BCUT2D eigenvalue weighted by Gasteiger charge is 2.04. The second-order valence-electron chi connectivity index (χ2n) is 6.25. The molecule has 0 bridgehead atoms. The van der Waals surface area contributed by atoms with Crippen LogP contribution in [0.1, 0.15) is 11.3 Å². The summed E-state index contributed by atoms with van der Waals surface area (Å²) in [5, 5.41) is 7.31. The summed E-state index contributed by atoms with van der Waals surface area (Å²) < 4.78 is 10.6. The maximum Gasteiger partial charge on any atom is 0.258 e. The zero-order chi connectivity index (χ0) is 21.9. The van der Waals surface area contributed by atoms with Gasteiger partial charge < -0.3 is 14.5 Å². The number of thioether (sulfide) groups is 1. The number of halogens is 1. The van der Waals surface area contributed by atoms with Gasteiger partial charge in [0.2, 0.25) is 5.91 Å². The van der Waals surface area contributed by atoms with E-state index in [1.807, 2.05) is 12.1 Å². The molecule has 0 atom stereocenters. The minimum atomic E-state index is -0.249. The van der Waals surface area contributed by atoms with Crippen molar-refractivity contribution in [3.05, 3.63) is 83.3 Å². The summed E-state index contributed by atoms with van der Waals surface area (Å²) >= 11 is 7.23. The van der Waals surface area contributed by atoms with E-state index in [0.29, 0.717) is 23.1 Å². The fraction of sp³-hybridized carbons (Fsp3) is 0.136. The van der Waals surface area contributed by atoms with E-state index < -0.39 is 0 Å². The number of benzene rings is 2. The maximum absolute atomic E-state index is 11.9. The van der Waals surface area contributed by atoms with Crippen molar-refractivity contribution in [3.8, 4) is 5.75 Å². The monoisotopic (exact) mass is 457 g/mol. The molecule has 0 aliphatic heterocycles.